The van der Waals surface area contributed by atoms with Crippen molar-refractivity contribution in [2.24, 2.45) is 0 Å². The number of benzene rings is 2. The van der Waals surface area contributed by atoms with Gasteiger partial charge in [0.05, 0.1) is 19.8 Å². The summed E-state index contributed by atoms with van der Waals surface area (Å²) in [6, 6.07) is 18.6. The van der Waals surface area contributed by atoms with E-state index in [-0.39, 0.29) is 19.8 Å². The first-order chi connectivity index (χ1) is 15.5. The van der Waals surface area contributed by atoms with Gasteiger partial charge in [-0.05, 0) is 11.1 Å². The van der Waals surface area contributed by atoms with Crippen molar-refractivity contribution in [2.75, 3.05) is 6.61 Å². The predicted octanol–water partition coefficient (Wildman–Crippen LogP) is 1.12. The lowest BCUT2D eigenvalue weighted by molar-refractivity contribution is -0.330. The third-order valence-corrected chi connectivity index (χ3v) is 5.25. The van der Waals surface area contributed by atoms with Gasteiger partial charge >= 0.3 is 0 Å². The smallest absolute Gasteiger partial charge is 0.266 e. The van der Waals surface area contributed by atoms with Crippen molar-refractivity contribution in [3.05, 3.63) is 84.4 Å². The Morgan fingerprint density at radius 3 is 1.59 bits per heavy atom. The Labute approximate surface area is 187 Å². The van der Waals surface area contributed by atoms with Gasteiger partial charge in [-0.3, -0.25) is 0 Å². The summed E-state index contributed by atoms with van der Waals surface area (Å²) in [5, 5.41) is 40.9. The Balaban J connectivity index is 1.84. The molecule has 6 atom stereocenters. The first kappa shape index (κ1) is 24.5. The second-order valence-electron chi connectivity index (χ2n) is 7.52. The van der Waals surface area contributed by atoms with E-state index in [9.17, 15) is 20.4 Å². The maximum absolute atomic E-state index is 10.9. The molecule has 1 saturated carbocycles. The van der Waals surface area contributed by atoms with E-state index in [1.807, 2.05) is 60.7 Å². The molecule has 0 aliphatic heterocycles. The number of ether oxygens (including phenoxy) is 4. The van der Waals surface area contributed by atoms with Crippen molar-refractivity contribution in [3.8, 4) is 0 Å². The highest BCUT2D eigenvalue weighted by Gasteiger charge is 2.53. The predicted molar refractivity (Wildman–Crippen MR) is 115 cm³/mol. The summed E-state index contributed by atoms with van der Waals surface area (Å²) in [7, 11) is 0. The maximum atomic E-state index is 10.9. The molecule has 32 heavy (non-hydrogen) atoms. The SMILES string of the molecule is C=CCO[C@@H]1[C@@H](O)[C@H](OCc2ccccc2)[C@@H](OC(O)O)[C@@H](OCc2ccccc2)[C@H]1O. The molecule has 2 aromatic rings. The topological polar surface area (TPSA) is 118 Å². The van der Waals surface area contributed by atoms with Crippen LogP contribution >= 0.6 is 0 Å². The highest BCUT2D eigenvalue weighted by atomic mass is 16.7. The van der Waals surface area contributed by atoms with E-state index in [1.165, 1.54) is 6.08 Å². The Morgan fingerprint density at radius 2 is 1.19 bits per heavy atom. The summed E-state index contributed by atoms with van der Waals surface area (Å²) in [5.74, 6) is 0. The first-order valence-corrected chi connectivity index (χ1v) is 10.4. The Morgan fingerprint density at radius 1 is 0.719 bits per heavy atom. The molecular weight excluding hydrogens is 416 g/mol. The fourth-order valence-corrected chi connectivity index (χ4v) is 3.74. The molecule has 0 radical (unpaired) electrons. The first-order valence-electron chi connectivity index (χ1n) is 10.4. The fourth-order valence-electron chi connectivity index (χ4n) is 3.74. The summed E-state index contributed by atoms with van der Waals surface area (Å²) in [6.07, 6.45) is -5.55. The van der Waals surface area contributed by atoms with Crippen molar-refractivity contribution in [1.29, 1.82) is 0 Å². The molecule has 0 unspecified atom stereocenters. The van der Waals surface area contributed by atoms with Crippen LogP contribution in [0.1, 0.15) is 11.1 Å². The standard InChI is InChI=1S/C24H30O8/c1-2-13-29-20-18(25)21(30-14-16-9-5-3-6-10-16)23(32-24(27)28)22(19(20)26)31-15-17-11-7-4-8-12-17/h2-12,18-28H,1,13-15H2/t18-,19+,20-,21-,22-,23-/m0/s1. The summed E-state index contributed by atoms with van der Waals surface area (Å²) in [5.41, 5.74) is 1.69. The van der Waals surface area contributed by atoms with E-state index in [0.717, 1.165) is 11.1 Å². The third kappa shape index (κ3) is 6.44. The normalized spacial score (nSPS) is 28.0. The number of hydrogen-bond donors (Lipinski definition) is 4. The van der Waals surface area contributed by atoms with Gasteiger partial charge < -0.3 is 39.4 Å². The minimum atomic E-state index is -2.16. The molecule has 4 N–H and O–H groups in total. The molecule has 0 saturated heterocycles. The van der Waals surface area contributed by atoms with Crippen molar-refractivity contribution in [1.82, 2.24) is 0 Å². The van der Waals surface area contributed by atoms with E-state index in [1.54, 1.807) is 0 Å². The summed E-state index contributed by atoms with van der Waals surface area (Å²) in [4.78, 5) is 0. The van der Waals surface area contributed by atoms with Crippen LogP contribution in [0.3, 0.4) is 0 Å². The zero-order valence-electron chi connectivity index (χ0n) is 17.6. The van der Waals surface area contributed by atoms with Gasteiger partial charge in [-0.15, -0.1) is 6.58 Å². The zero-order chi connectivity index (χ0) is 22.9. The van der Waals surface area contributed by atoms with E-state index in [2.05, 4.69) is 6.58 Å². The number of aliphatic hydroxyl groups excluding tert-OH is 3. The molecule has 0 heterocycles. The van der Waals surface area contributed by atoms with Gasteiger partial charge in [-0.2, -0.15) is 0 Å². The average molecular weight is 446 g/mol. The highest BCUT2D eigenvalue weighted by molar-refractivity contribution is 5.15. The Hall–Kier alpha value is -2.14. The van der Waals surface area contributed by atoms with Gasteiger partial charge in [-0.1, -0.05) is 66.7 Å². The number of rotatable bonds is 11. The summed E-state index contributed by atoms with van der Waals surface area (Å²) >= 11 is 0. The van der Waals surface area contributed by atoms with Crippen LogP contribution in [0.5, 0.6) is 0 Å². The van der Waals surface area contributed by atoms with Gasteiger partial charge in [0.2, 0.25) is 0 Å². The number of aliphatic hydroxyl groups is 4. The average Bonchev–Trinajstić information content (AvgIpc) is 2.79. The van der Waals surface area contributed by atoms with Gasteiger partial charge in [-0.25, -0.2) is 0 Å². The molecule has 1 fully saturated rings. The van der Waals surface area contributed by atoms with Crippen LogP contribution in [-0.2, 0) is 32.2 Å². The minimum Gasteiger partial charge on any atom is -0.387 e. The molecule has 0 aromatic heterocycles. The van der Waals surface area contributed by atoms with Gasteiger partial charge in [0.1, 0.15) is 36.6 Å². The monoisotopic (exact) mass is 446 g/mol. The highest BCUT2D eigenvalue weighted by Crippen LogP contribution is 2.31. The van der Waals surface area contributed by atoms with E-state index in [4.69, 9.17) is 18.9 Å². The van der Waals surface area contributed by atoms with E-state index < -0.39 is 43.1 Å². The lowest BCUT2D eigenvalue weighted by atomic mass is 9.84. The maximum Gasteiger partial charge on any atom is 0.266 e. The molecule has 3 rings (SSSR count). The summed E-state index contributed by atoms with van der Waals surface area (Å²) in [6.45, 7) is 1.78. The summed E-state index contributed by atoms with van der Waals surface area (Å²) < 4.78 is 22.8. The van der Waals surface area contributed by atoms with Crippen LogP contribution in [0, 0.1) is 0 Å². The largest absolute Gasteiger partial charge is 0.387 e. The molecule has 1 aliphatic carbocycles. The lowest BCUT2D eigenvalue weighted by Gasteiger charge is -2.46. The fraction of sp³-hybridized carbons (Fsp3) is 0.417. The van der Waals surface area contributed by atoms with Crippen molar-refractivity contribution in [2.45, 2.75) is 56.3 Å². The van der Waals surface area contributed by atoms with Crippen LogP contribution < -0.4 is 0 Å². The third-order valence-electron chi connectivity index (χ3n) is 5.25. The van der Waals surface area contributed by atoms with E-state index in [0.29, 0.717) is 0 Å². The molecule has 0 bridgehead atoms. The van der Waals surface area contributed by atoms with Crippen LogP contribution in [-0.4, -0.2) is 70.1 Å². The van der Waals surface area contributed by atoms with Crippen molar-refractivity contribution in [3.63, 3.8) is 0 Å². The van der Waals surface area contributed by atoms with Crippen molar-refractivity contribution >= 4 is 0 Å². The van der Waals surface area contributed by atoms with Crippen LogP contribution in [0.2, 0.25) is 0 Å². The van der Waals surface area contributed by atoms with Crippen LogP contribution in [0.25, 0.3) is 0 Å². The second-order valence-corrected chi connectivity index (χ2v) is 7.52. The van der Waals surface area contributed by atoms with Gasteiger partial charge in [0.25, 0.3) is 6.48 Å². The molecule has 2 aromatic carbocycles. The van der Waals surface area contributed by atoms with E-state index >= 15 is 0 Å². The lowest BCUT2D eigenvalue weighted by Crippen LogP contribution is -2.66. The molecule has 8 heteroatoms. The Bertz CT molecular complexity index is 743. The van der Waals surface area contributed by atoms with Gasteiger partial charge in [0, 0.05) is 0 Å². The number of hydrogen-bond acceptors (Lipinski definition) is 8. The zero-order valence-corrected chi connectivity index (χ0v) is 17.6. The molecule has 174 valence electrons. The van der Waals surface area contributed by atoms with Crippen LogP contribution in [0.15, 0.2) is 73.3 Å². The molecule has 0 amide bonds. The van der Waals surface area contributed by atoms with Gasteiger partial charge in [0.15, 0.2) is 0 Å². The molecule has 8 nitrogen and oxygen atoms in total. The van der Waals surface area contributed by atoms with Crippen LogP contribution in [0.4, 0.5) is 0 Å². The molecule has 0 spiro atoms. The quantitative estimate of drug-likeness (QED) is 0.300. The molecular formula is C24H30O8. The Kier molecular flexibility index (Phi) is 9.34. The van der Waals surface area contributed by atoms with Crippen molar-refractivity contribution < 1.29 is 39.4 Å². The second kappa shape index (κ2) is 12.2. The minimum absolute atomic E-state index is 0.0870. The molecule has 1 aliphatic rings.